The maximum absolute atomic E-state index is 14.9. The first-order chi connectivity index (χ1) is 18.9. The molecule has 1 atom stereocenters. The Morgan fingerprint density at radius 1 is 1.18 bits per heavy atom. The normalized spacial score (nSPS) is 15.7. The van der Waals surface area contributed by atoms with Gasteiger partial charge in [0.15, 0.2) is 0 Å². The Bertz CT molecular complexity index is 1780. The molecule has 0 amide bonds. The molecule has 1 fully saturated rings. The number of hydrogen-bond acceptors (Lipinski definition) is 5. The molecule has 1 saturated heterocycles. The average molecular weight is 612 g/mol. The number of anilines is 1. The van der Waals surface area contributed by atoms with Gasteiger partial charge in [-0.1, -0.05) is 29.8 Å². The molecule has 0 spiro atoms. The van der Waals surface area contributed by atoms with Gasteiger partial charge in [0.2, 0.25) is 0 Å². The Labute approximate surface area is 237 Å². The Morgan fingerprint density at radius 3 is 2.69 bits per heavy atom. The summed E-state index contributed by atoms with van der Waals surface area (Å²) in [4.78, 5) is 13.8. The van der Waals surface area contributed by atoms with Crippen LogP contribution in [0.25, 0.3) is 32.9 Å². The van der Waals surface area contributed by atoms with Gasteiger partial charge < -0.3 is 19.8 Å². The second kappa shape index (κ2) is 10.3. The number of nitrogens with zero attached hydrogens (tertiary/aromatic N) is 3. The maximum Gasteiger partial charge on any atom is 0.275 e. The zero-order valence-electron chi connectivity index (χ0n) is 21.1. The number of rotatable bonds is 5. The Kier molecular flexibility index (Phi) is 6.82. The zero-order chi connectivity index (χ0) is 27.3. The van der Waals surface area contributed by atoms with Crippen molar-refractivity contribution in [1.82, 2.24) is 14.3 Å². The van der Waals surface area contributed by atoms with Gasteiger partial charge in [-0.15, -0.1) is 0 Å². The molecule has 0 aliphatic carbocycles. The minimum absolute atomic E-state index is 0.0554. The monoisotopic (exact) mass is 610 g/mol. The summed E-state index contributed by atoms with van der Waals surface area (Å²) in [5.74, 6) is 0.219. The predicted octanol–water partition coefficient (Wildman–Crippen LogP) is 6.91. The van der Waals surface area contributed by atoms with Crippen molar-refractivity contribution < 1.29 is 13.9 Å². The number of nitrogens with two attached hydrogens (primary N) is 1. The summed E-state index contributed by atoms with van der Waals surface area (Å²) in [6.45, 7) is 0.878. The topological polar surface area (TPSA) is 84.3 Å². The van der Waals surface area contributed by atoms with E-state index in [2.05, 4.69) is 15.9 Å². The number of hydrogen-bond donors (Lipinski definition) is 1. The van der Waals surface area contributed by atoms with Crippen molar-refractivity contribution >= 4 is 55.0 Å². The summed E-state index contributed by atoms with van der Waals surface area (Å²) in [6, 6.07) is 13.9. The van der Waals surface area contributed by atoms with Crippen LogP contribution >= 0.6 is 27.5 Å². The van der Waals surface area contributed by atoms with E-state index in [1.54, 1.807) is 23.9 Å². The molecular formula is C29H25BrClFN4O3. The van der Waals surface area contributed by atoms with Crippen LogP contribution in [0.3, 0.4) is 0 Å². The largest absolute Gasteiger partial charge is 0.497 e. The minimum atomic E-state index is -0.482. The summed E-state index contributed by atoms with van der Waals surface area (Å²) in [6.07, 6.45) is 4.61. The highest BCUT2D eigenvalue weighted by Crippen LogP contribution is 2.40. The van der Waals surface area contributed by atoms with E-state index in [0.29, 0.717) is 44.9 Å². The van der Waals surface area contributed by atoms with Crippen LogP contribution in [0, 0.1) is 5.82 Å². The molecule has 5 aromatic rings. The lowest BCUT2D eigenvalue weighted by molar-refractivity contribution is -0.0390. The molecule has 3 aromatic carbocycles. The number of pyridine rings is 1. The van der Waals surface area contributed by atoms with Crippen LogP contribution in [-0.4, -0.2) is 28.1 Å². The number of nitrogen functional groups attached to an aromatic ring is 1. The summed E-state index contributed by atoms with van der Waals surface area (Å²) < 4.78 is 29.6. The van der Waals surface area contributed by atoms with Crippen LogP contribution in [0.1, 0.15) is 31.1 Å². The van der Waals surface area contributed by atoms with Crippen LogP contribution in [0.4, 0.5) is 10.1 Å². The summed E-state index contributed by atoms with van der Waals surface area (Å²) in [5.41, 5.74) is 9.28. The SMILES string of the molecule is COc1ccc(Cn2c(=O)c(N)c(-c3ccc(Cl)c4nn(C5CCCCO5)cc34)c3cc(Br)c(F)cc32)cc1. The van der Waals surface area contributed by atoms with Crippen LogP contribution in [-0.2, 0) is 11.3 Å². The van der Waals surface area contributed by atoms with Crippen molar-refractivity contribution in [3.05, 3.63) is 86.0 Å². The second-order valence-corrected chi connectivity index (χ2v) is 10.9. The molecule has 2 aromatic heterocycles. The summed E-state index contributed by atoms with van der Waals surface area (Å²) in [7, 11) is 1.59. The molecule has 39 heavy (non-hydrogen) atoms. The van der Waals surface area contributed by atoms with Gasteiger partial charge in [0.25, 0.3) is 5.56 Å². The van der Waals surface area contributed by atoms with Gasteiger partial charge in [-0.3, -0.25) is 4.79 Å². The highest BCUT2D eigenvalue weighted by atomic mass is 79.9. The van der Waals surface area contributed by atoms with Gasteiger partial charge in [-0.25, -0.2) is 9.07 Å². The van der Waals surface area contributed by atoms with E-state index < -0.39 is 11.4 Å². The second-order valence-electron chi connectivity index (χ2n) is 9.60. The van der Waals surface area contributed by atoms with Gasteiger partial charge in [-0.2, -0.15) is 5.10 Å². The highest BCUT2D eigenvalue weighted by Gasteiger charge is 2.23. The first-order valence-corrected chi connectivity index (χ1v) is 13.8. The molecule has 0 saturated carbocycles. The van der Waals surface area contributed by atoms with Crippen molar-refractivity contribution in [3.63, 3.8) is 0 Å². The maximum atomic E-state index is 14.9. The molecule has 7 nitrogen and oxygen atoms in total. The summed E-state index contributed by atoms with van der Waals surface area (Å²) in [5, 5.41) is 6.57. The van der Waals surface area contributed by atoms with E-state index in [1.807, 2.05) is 36.5 Å². The molecule has 2 N–H and O–H groups in total. The smallest absolute Gasteiger partial charge is 0.275 e. The number of methoxy groups -OCH3 is 1. The molecule has 6 rings (SSSR count). The quantitative estimate of drug-likeness (QED) is 0.233. The van der Waals surface area contributed by atoms with Gasteiger partial charge in [0, 0.05) is 29.1 Å². The fraction of sp³-hybridized carbons (Fsp3) is 0.241. The predicted molar refractivity (Wildman–Crippen MR) is 155 cm³/mol. The minimum Gasteiger partial charge on any atom is -0.497 e. The Balaban J connectivity index is 1.58. The van der Waals surface area contributed by atoms with E-state index in [-0.39, 0.29) is 22.9 Å². The molecule has 3 heterocycles. The van der Waals surface area contributed by atoms with Gasteiger partial charge in [-0.05, 0) is 76.7 Å². The van der Waals surface area contributed by atoms with Crippen LogP contribution < -0.4 is 16.0 Å². The zero-order valence-corrected chi connectivity index (χ0v) is 23.4. The van der Waals surface area contributed by atoms with Gasteiger partial charge in [0.1, 0.15) is 29.0 Å². The Morgan fingerprint density at radius 2 is 1.97 bits per heavy atom. The van der Waals surface area contributed by atoms with Crippen molar-refractivity contribution in [1.29, 1.82) is 0 Å². The number of benzene rings is 3. The third-order valence-corrected chi connectivity index (χ3v) is 8.12. The number of halogens is 3. The lowest BCUT2D eigenvalue weighted by Crippen LogP contribution is -2.25. The standard InChI is InChI=1S/C29H25BrClFN4O3/c1-38-17-7-5-16(6-8-17)14-35-24-13-23(32)21(30)12-19(24)26(27(33)29(35)37)18-9-10-22(31)28-20(18)15-36(34-28)25-4-2-3-11-39-25/h5-10,12-13,15,25H,2-4,11,14,33H2,1H3. The van der Waals surface area contributed by atoms with Crippen molar-refractivity contribution in [2.75, 3.05) is 19.5 Å². The molecular weight excluding hydrogens is 587 g/mol. The van der Waals surface area contributed by atoms with Gasteiger partial charge in [0.05, 0.1) is 28.7 Å². The van der Waals surface area contributed by atoms with Crippen LogP contribution in [0.15, 0.2) is 64.0 Å². The van der Waals surface area contributed by atoms with Gasteiger partial charge >= 0.3 is 0 Å². The number of aromatic nitrogens is 3. The third-order valence-electron chi connectivity index (χ3n) is 7.21. The van der Waals surface area contributed by atoms with Crippen molar-refractivity contribution in [2.24, 2.45) is 0 Å². The molecule has 0 bridgehead atoms. The highest BCUT2D eigenvalue weighted by molar-refractivity contribution is 9.10. The van der Waals surface area contributed by atoms with Crippen molar-refractivity contribution in [3.8, 4) is 16.9 Å². The molecule has 0 radical (unpaired) electrons. The Hall–Kier alpha value is -3.40. The van der Waals surface area contributed by atoms with Crippen molar-refractivity contribution in [2.45, 2.75) is 32.0 Å². The molecule has 1 unspecified atom stereocenters. The van der Waals surface area contributed by atoms with E-state index in [0.717, 1.165) is 30.2 Å². The third kappa shape index (κ3) is 4.58. The first-order valence-electron chi connectivity index (χ1n) is 12.6. The molecule has 1 aliphatic rings. The number of fused-ring (bicyclic) bond motifs is 2. The first kappa shape index (κ1) is 25.9. The van der Waals surface area contributed by atoms with E-state index in [9.17, 15) is 9.18 Å². The molecule has 1 aliphatic heterocycles. The lowest BCUT2D eigenvalue weighted by atomic mass is 9.96. The fourth-order valence-electron chi connectivity index (χ4n) is 5.22. The van der Waals surface area contributed by atoms with E-state index in [1.165, 1.54) is 10.6 Å². The molecule has 200 valence electrons. The average Bonchev–Trinajstić information content (AvgIpc) is 3.41. The van der Waals surface area contributed by atoms with Crippen LogP contribution in [0.5, 0.6) is 5.75 Å². The van der Waals surface area contributed by atoms with E-state index in [4.69, 9.17) is 31.9 Å². The fourth-order valence-corrected chi connectivity index (χ4v) is 5.76. The van der Waals surface area contributed by atoms with E-state index >= 15 is 0 Å². The van der Waals surface area contributed by atoms with Crippen LogP contribution in [0.2, 0.25) is 5.02 Å². The number of ether oxygens (including phenoxy) is 2. The lowest BCUT2D eigenvalue weighted by Gasteiger charge is -2.22. The molecule has 10 heteroatoms. The summed E-state index contributed by atoms with van der Waals surface area (Å²) >= 11 is 9.88.